The van der Waals surface area contributed by atoms with Gasteiger partial charge in [0.25, 0.3) is 0 Å². The highest BCUT2D eigenvalue weighted by Crippen LogP contribution is 2.40. The van der Waals surface area contributed by atoms with E-state index >= 15 is 0 Å². The molecule has 2 rings (SSSR count). The van der Waals surface area contributed by atoms with Crippen molar-refractivity contribution < 1.29 is 0 Å². The van der Waals surface area contributed by atoms with Crippen LogP contribution in [0.4, 0.5) is 5.69 Å². The summed E-state index contributed by atoms with van der Waals surface area (Å²) < 4.78 is 0. The van der Waals surface area contributed by atoms with Gasteiger partial charge in [0.15, 0.2) is 0 Å². The Labute approximate surface area is 100 Å². The van der Waals surface area contributed by atoms with Crippen LogP contribution in [0.25, 0.3) is 0 Å². The lowest BCUT2D eigenvalue weighted by molar-refractivity contribution is 0.384. The molecule has 1 aromatic carbocycles. The standard InChI is InChI=1S/C13H19N.C2H6/c1-9-10(2)12-7-5-6-8-13(12)14(4)11(9)3;1-2/h5-11H,1-4H3;1-2H3. The van der Waals surface area contributed by atoms with E-state index in [0.717, 1.165) is 5.92 Å². The summed E-state index contributed by atoms with van der Waals surface area (Å²) in [6, 6.07) is 9.41. The molecule has 90 valence electrons. The first-order valence-corrected chi connectivity index (χ1v) is 6.44. The van der Waals surface area contributed by atoms with Crippen LogP contribution in [0.2, 0.25) is 0 Å². The van der Waals surface area contributed by atoms with Crippen molar-refractivity contribution in [2.45, 2.75) is 46.6 Å². The molecule has 1 heteroatoms. The fourth-order valence-corrected chi connectivity index (χ4v) is 2.47. The molecule has 1 aliphatic heterocycles. The zero-order chi connectivity index (χ0) is 12.3. The molecule has 0 bridgehead atoms. The summed E-state index contributed by atoms with van der Waals surface area (Å²) >= 11 is 0. The molecule has 3 atom stereocenters. The van der Waals surface area contributed by atoms with Gasteiger partial charge in [-0.05, 0) is 30.4 Å². The van der Waals surface area contributed by atoms with Gasteiger partial charge in [-0.1, -0.05) is 45.9 Å². The maximum absolute atomic E-state index is 2.40. The van der Waals surface area contributed by atoms with Gasteiger partial charge in [-0.15, -0.1) is 0 Å². The lowest BCUT2D eigenvalue weighted by atomic mass is 9.79. The maximum atomic E-state index is 2.40. The third kappa shape index (κ3) is 2.09. The minimum Gasteiger partial charge on any atom is -0.371 e. The monoisotopic (exact) mass is 219 g/mol. The molecule has 0 fully saturated rings. The molecule has 0 saturated heterocycles. The van der Waals surface area contributed by atoms with Crippen molar-refractivity contribution in [2.24, 2.45) is 5.92 Å². The quantitative estimate of drug-likeness (QED) is 0.629. The minimum absolute atomic E-state index is 0.639. The summed E-state index contributed by atoms with van der Waals surface area (Å²) in [7, 11) is 2.20. The molecule has 0 N–H and O–H groups in total. The summed E-state index contributed by atoms with van der Waals surface area (Å²) in [6.45, 7) is 11.0. The largest absolute Gasteiger partial charge is 0.371 e. The zero-order valence-electron chi connectivity index (χ0n) is 11.5. The van der Waals surface area contributed by atoms with Gasteiger partial charge in [-0.2, -0.15) is 0 Å². The fourth-order valence-electron chi connectivity index (χ4n) is 2.47. The van der Waals surface area contributed by atoms with Crippen LogP contribution in [0, 0.1) is 5.92 Å². The Morgan fingerprint density at radius 3 is 2.19 bits per heavy atom. The first-order valence-electron chi connectivity index (χ1n) is 6.44. The molecule has 1 heterocycles. The van der Waals surface area contributed by atoms with Crippen molar-refractivity contribution in [1.29, 1.82) is 0 Å². The number of benzene rings is 1. The topological polar surface area (TPSA) is 3.24 Å². The number of hydrogen-bond acceptors (Lipinski definition) is 1. The Hall–Kier alpha value is -0.980. The first-order chi connectivity index (χ1) is 7.63. The van der Waals surface area contributed by atoms with Crippen molar-refractivity contribution in [3.63, 3.8) is 0 Å². The highest BCUT2D eigenvalue weighted by molar-refractivity contribution is 5.57. The average Bonchev–Trinajstić information content (AvgIpc) is 2.36. The lowest BCUT2D eigenvalue weighted by Crippen LogP contribution is -2.41. The van der Waals surface area contributed by atoms with E-state index in [1.54, 1.807) is 0 Å². The molecule has 0 aliphatic carbocycles. The lowest BCUT2D eigenvalue weighted by Gasteiger charge is -2.42. The normalized spacial score (nSPS) is 27.9. The van der Waals surface area contributed by atoms with Crippen molar-refractivity contribution in [1.82, 2.24) is 0 Å². The second-order valence-corrected chi connectivity index (χ2v) is 4.56. The van der Waals surface area contributed by atoms with E-state index in [1.165, 1.54) is 11.3 Å². The van der Waals surface area contributed by atoms with Gasteiger partial charge in [0.1, 0.15) is 0 Å². The Balaban J connectivity index is 0.000000606. The summed E-state index contributed by atoms with van der Waals surface area (Å²) in [5, 5.41) is 0. The predicted octanol–water partition coefficient (Wildman–Crippen LogP) is 4.29. The van der Waals surface area contributed by atoms with Crippen LogP contribution in [-0.2, 0) is 0 Å². The van der Waals surface area contributed by atoms with Crippen LogP contribution in [-0.4, -0.2) is 13.1 Å². The molecule has 0 aromatic heterocycles. The molecule has 1 aromatic rings. The van der Waals surface area contributed by atoms with E-state index < -0.39 is 0 Å². The van der Waals surface area contributed by atoms with Gasteiger partial charge in [-0.3, -0.25) is 0 Å². The molecular formula is C15H25N. The molecule has 0 spiro atoms. The van der Waals surface area contributed by atoms with E-state index in [4.69, 9.17) is 0 Å². The molecule has 0 saturated carbocycles. The highest BCUT2D eigenvalue weighted by atomic mass is 15.1. The highest BCUT2D eigenvalue weighted by Gasteiger charge is 2.31. The first kappa shape index (κ1) is 13.1. The number of hydrogen-bond donors (Lipinski definition) is 0. The third-order valence-electron chi connectivity index (χ3n) is 3.97. The van der Waals surface area contributed by atoms with E-state index in [2.05, 4.69) is 57.0 Å². The summed E-state index contributed by atoms with van der Waals surface area (Å²) in [6.07, 6.45) is 0. The molecule has 0 radical (unpaired) electrons. The van der Waals surface area contributed by atoms with Crippen LogP contribution in [0.15, 0.2) is 24.3 Å². The van der Waals surface area contributed by atoms with Gasteiger partial charge >= 0.3 is 0 Å². The van der Waals surface area contributed by atoms with Crippen LogP contribution in [0.1, 0.15) is 46.1 Å². The van der Waals surface area contributed by atoms with Crippen molar-refractivity contribution in [2.75, 3.05) is 11.9 Å². The summed E-state index contributed by atoms with van der Waals surface area (Å²) in [4.78, 5) is 2.40. The average molecular weight is 219 g/mol. The van der Waals surface area contributed by atoms with Crippen LogP contribution < -0.4 is 4.90 Å². The van der Waals surface area contributed by atoms with Crippen LogP contribution >= 0.6 is 0 Å². The van der Waals surface area contributed by atoms with Gasteiger partial charge in [0.2, 0.25) is 0 Å². The van der Waals surface area contributed by atoms with E-state index in [0.29, 0.717) is 12.0 Å². The van der Waals surface area contributed by atoms with Gasteiger partial charge in [-0.25, -0.2) is 0 Å². The van der Waals surface area contributed by atoms with Gasteiger partial charge < -0.3 is 4.90 Å². The Bertz CT molecular complexity index is 299. The summed E-state index contributed by atoms with van der Waals surface area (Å²) in [5.74, 6) is 1.41. The smallest absolute Gasteiger partial charge is 0.0401 e. The molecular weight excluding hydrogens is 194 g/mol. The molecule has 0 amide bonds. The van der Waals surface area contributed by atoms with Crippen molar-refractivity contribution >= 4 is 5.69 Å². The van der Waals surface area contributed by atoms with Crippen LogP contribution in [0.5, 0.6) is 0 Å². The predicted molar refractivity (Wildman–Crippen MR) is 73.2 cm³/mol. The number of rotatable bonds is 0. The number of para-hydroxylation sites is 1. The maximum Gasteiger partial charge on any atom is 0.0401 e. The van der Waals surface area contributed by atoms with Gasteiger partial charge in [0.05, 0.1) is 0 Å². The van der Waals surface area contributed by atoms with E-state index in [9.17, 15) is 0 Å². The Morgan fingerprint density at radius 2 is 1.56 bits per heavy atom. The summed E-state index contributed by atoms with van der Waals surface area (Å²) in [5.41, 5.74) is 2.91. The zero-order valence-corrected chi connectivity index (χ0v) is 11.5. The molecule has 1 nitrogen and oxygen atoms in total. The van der Waals surface area contributed by atoms with E-state index in [1.807, 2.05) is 13.8 Å². The minimum atomic E-state index is 0.639. The third-order valence-corrected chi connectivity index (χ3v) is 3.97. The second-order valence-electron chi connectivity index (χ2n) is 4.56. The van der Waals surface area contributed by atoms with Crippen molar-refractivity contribution in [3.05, 3.63) is 29.8 Å². The SMILES string of the molecule is CC.CC1c2ccccc2N(C)C(C)C1C. The van der Waals surface area contributed by atoms with E-state index in [-0.39, 0.29) is 0 Å². The second kappa shape index (κ2) is 5.38. The van der Waals surface area contributed by atoms with Gasteiger partial charge in [0, 0.05) is 18.8 Å². The Kier molecular flexibility index (Phi) is 4.40. The number of nitrogens with zero attached hydrogens (tertiary/aromatic N) is 1. The van der Waals surface area contributed by atoms with Crippen molar-refractivity contribution in [3.8, 4) is 0 Å². The molecule has 1 aliphatic rings. The number of anilines is 1. The molecule has 16 heavy (non-hydrogen) atoms. The number of fused-ring (bicyclic) bond motifs is 1. The Morgan fingerprint density at radius 1 is 1.00 bits per heavy atom. The fraction of sp³-hybridized carbons (Fsp3) is 0.600. The van der Waals surface area contributed by atoms with Crippen LogP contribution in [0.3, 0.4) is 0 Å². The molecule has 3 unspecified atom stereocenters.